The van der Waals surface area contributed by atoms with E-state index in [1.54, 1.807) is 12.1 Å². The maximum atomic E-state index is 13.6. The molecule has 1 fully saturated rings. The van der Waals surface area contributed by atoms with Crippen molar-refractivity contribution in [2.24, 2.45) is 23.0 Å². The molecule has 0 amide bonds. The van der Waals surface area contributed by atoms with Crippen molar-refractivity contribution in [2.45, 2.75) is 52.9 Å². The van der Waals surface area contributed by atoms with Crippen LogP contribution in [0, 0.1) is 30.0 Å². The molecular formula is C18H28FN. The lowest BCUT2D eigenvalue weighted by atomic mass is 9.63. The minimum absolute atomic E-state index is 0.126. The molecule has 2 N–H and O–H groups in total. The monoisotopic (exact) mass is 277 g/mol. The fraction of sp³-hybridized carbons (Fsp3) is 0.667. The number of benzene rings is 1. The van der Waals surface area contributed by atoms with Gasteiger partial charge in [0.15, 0.2) is 0 Å². The molecule has 1 aromatic carbocycles. The highest BCUT2D eigenvalue weighted by Gasteiger charge is 2.36. The van der Waals surface area contributed by atoms with E-state index in [1.807, 2.05) is 6.07 Å². The summed E-state index contributed by atoms with van der Waals surface area (Å²) >= 11 is 0. The molecule has 0 saturated heterocycles. The minimum Gasteiger partial charge on any atom is -0.330 e. The van der Waals surface area contributed by atoms with E-state index in [0.29, 0.717) is 29.7 Å². The van der Waals surface area contributed by atoms with Gasteiger partial charge in [-0.2, -0.15) is 0 Å². The number of rotatable bonds is 2. The van der Waals surface area contributed by atoms with Crippen LogP contribution in [0.1, 0.15) is 57.1 Å². The van der Waals surface area contributed by atoms with Crippen molar-refractivity contribution in [1.82, 2.24) is 0 Å². The van der Waals surface area contributed by atoms with Crippen LogP contribution < -0.4 is 5.73 Å². The molecule has 0 aliphatic heterocycles. The molecule has 20 heavy (non-hydrogen) atoms. The molecule has 1 aromatic rings. The molecule has 0 heterocycles. The molecule has 0 spiro atoms. The summed E-state index contributed by atoms with van der Waals surface area (Å²) < 4.78 is 13.6. The maximum Gasteiger partial charge on any atom is 0.123 e. The standard InChI is InChI=1S/C18H28FN/c1-12-5-8-15(19)10-16(12)17-9-14(18(2,3)4)7-6-13(17)11-20/h5,8,10,13-14,17H,6-7,9,11,20H2,1-4H3. The lowest BCUT2D eigenvalue weighted by Gasteiger charge is -2.42. The smallest absolute Gasteiger partial charge is 0.123 e. The van der Waals surface area contributed by atoms with Crippen LogP contribution in [0.3, 0.4) is 0 Å². The van der Waals surface area contributed by atoms with Crippen molar-refractivity contribution in [1.29, 1.82) is 0 Å². The number of halogens is 1. The molecule has 2 heteroatoms. The van der Waals surface area contributed by atoms with Gasteiger partial charge in [0, 0.05) is 0 Å². The molecule has 0 aromatic heterocycles. The molecule has 112 valence electrons. The van der Waals surface area contributed by atoms with E-state index in [4.69, 9.17) is 5.73 Å². The first kappa shape index (κ1) is 15.5. The Morgan fingerprint density at radius 3 is 2.55 bits per heavy atom. The molecule has 1 nitrogen and oxygen atoms in total. The number of aryl methyl sites for hydroxylation is 1. The number of hydrogen-bond acceptors (Lipinski definition) is 1. The van der Waals surface area contributed by atoms with Crippen LogP contribution in [0.25, 0.3) is 0 Å². The van der Waals surface area contributed by atoms with Crippen LogP contribution in [0.5, 0.6) is 0 Å². The molecule has 0 bridgehead atoms. The van der Waals surface area contributed by atoms with E-state index in [2.05, 4.69) is 27.7 Å². The van der Waals surface area contributed by atoms with Crippen molar-refractivity contribution in [3.05, 3.63) is 35.1 Å². The van der Waals surface area contributed by atoms with E-state index >= 15 is 0 Å². The lowest BCUT2D eigenvalue weighted by Crippen LogP contribution is -2.34. The van der Waals surface area contributed by atoms with Gasteiger partial charge in [-0.25, -0.2) is 4.39 Å². The normalized spacial score (nSPS) is 27.6. The van der Waals surface area contributed by atoms with Crippen LogP contribution in [0.2, 0.25) is 0 Å². The van der Waals surface area contributed by atoms with Crippen molar-refractivity contribution >= 4 is 0 Å². The average molecular weight is 277 g/mol. The largest absolute Gasteiger partial charge is 0.330 e. The summed E-state index contributed by atoms with van der Waals surface area (Å²) in [6.45, 7) is 9.74. The van der Waals surface area contributed by atoms with Gasteiger partial charge in [-0.1, -0.05) is 26.8 Å². The van der Waals surface area contributed by atoms with Gasteiger partial charge in [-0.05, 0) is 79.2 Å². The van der Waals surface area contributed by atoms with E-state index in [9.17, 15) is 4.39 Å². The first-order valence-corrected chi connectivity index (χ1v) is 7.79. The van der Waals surface area contributed by atoms with Gasteiger partial charge < -0.3 is 5.73 Å². The molecular weight excluding hydrogens is 249 g/mol. The first-order chi connectivity index (χ1) is 9.32. The van der Waals surface area contributed by atoms with E-state index in [1.165, 1.54) is 24.0 Å². The number of hydrogen-bond donors (Lipinski definition) is 1. The Kier molecular flexibility index (Phi) is 4.53. The predicted octanol–water partition coefficient (Wildman–Crippen LogP) is 4.64. The molecule has 3 unspecified atom stereocenters. The summed E-state index contributed by atoms with van der Waals surface area (Å²) in [7, 11) is 0. The van der Waals surface area contributed by atoms with Crippen LogP contribution in [-0.4, -0.2) is 6.54 Å². The van der Waals surface area contributed by atoms with Crippen LogP contribution in [0.15, 0.2) is 18.2 Å². The minimum atomic E-state index is -0.126. The van der Waals surface area contributed by atoms with Gasteiger partial charge in [-0.3, -0.25) is 0 Å². The summed E-state index contributed by atoms with van der Waals surface area (Å²) in [6, 6.07) is 5.19. The Morgan fingerprint density at radius 1 is 1.25 bits per heavy atom. The second kappa shape index (κ2) is 5.85. The van der Waals surface area contributed by atoms with Gasteiger partial charge in [0.05, 0.1) is 0 Å². The van der Waals surface area contributed by atoms with Crippen LogP contribution in [-0.2, 0) is 0 Å². The predicted molar refractivity (Wildman–Crippen MR) is 83.2 cm³/mol. The van der Waals surface area contributed by atoms with Gasteiger partial charge in [-0.15, -0.1) is 0 Å². The van der Waals surface area contributed by atoms with Crippen LogP contribution in [0.4, 0.5) is 4.39 Å². The van der Waals surface area contributed by atoms with Gasteiger partial charge >= 0.3 is 0 Å². The Bertz CT molecular complexity index is 461. The molecule has 1 saturated carbocycles. The summed E-state index contributed by atoms with van der Waals surface area (Å²) in [5.74, 6) is 1.47. The summed E-state index contributed by atoms with van der Waals surface area (Å²) in [4.78, 5) is 0. The zero-order chi connectivity index (χ0) is 14.9. The summed E-state index contributed by atoms with van der Waals surface area (Å²) in [5, 5.41) is 0. The van der Waals surface area contributed by atoms with Crippen molar-refractivity contribution in [3.63, 3.8) is 0 Å². The second-order valence-corrected chi connectivity index (χ2v) is 7.48. The Labute approximate surface area is 122 Å². The van der Waals surface area contributed by atoms with Gasteiger partial charge in [0.25, 0.3) is 0 Å². The molecule has 3 atom stereocenters. The summed E-state index contributed by atoms with van der Waals surface area (Å²) in [5.41, 5.74) is 8.67. The molecule has 2 rings (SSSR count). The summed E-state index contributed by atoms with van der Waals surface area (Å²) in [6.07, 6.45) is 3.55. The van der Waals surface area contributed by atoms with Gasteiger partial charge in [0.1, 0.15) is 5.82 Å². The topological polar surface area (TPSA) is 26.0 Å². The van der Waals surface area contributed by atoms with Gasteiger partial charge in [0.2, 0.25) is 0 Å². The third kappa shape index (κ3) is 3.22. The van der Waals surface area contributed by atoms with E-state index in [0.717, 1.165) is 6.42 Å². The van der Waals surface area contributed by atoms with Crippen molar-refractivity contribution < 1.29 is 4.39 Å². The zero-order valence-corrected chi connectivity index (χ0v) is 13.2. The average Bonchev–Trinajstić information content (AvgIpc) is 2.40. The SMILES string of the molecule is Cc1ccc(F)cc1C1CC(C(C)(C)C)CCC1CN. The van der Waals surface area contributed by atoms with Crippen molar-refractivity contribution in [3.8, 4) is 0 Å². The molecule has 0 radical (unpaired) electrons. The Morgan fingerprint density at radius 2 is 1.95 bits per heavy atom. The highest BCUT2D eigenvalue weighted by Crippen LogP contribution is 2.47. The highest BCUT2D eigenvalue weighted by molar-refractivity contribution is 5.31. The Hall–Kier alpha value is -0.890. The van der Waals surface area contributed by atoms with Crippen molar-refractivity contribution in [2.75, 3.05) is 6.54 Å². The Balaban J connectivity index is 2.32. The fourth-order valence-electron chi connectivity index (χ4n) is 3.69. The molecule has 1 aliphatic carbocycles. The fourth-order valence-corrected chi connectivity index (χ4v) is 3.69. The van der Waals surface area contributed by atoms with E-state index in [-0.39, 0.29) is 5.82 Å². The molecule has 1 aliphatic rings. The maximum absolute atomic E-state index is 13.6. The zero-order valence-electron chi connectivity index (χ0n) is 13.2. The van der Waals surface area contributed by atoms with Crippen LogP contribution >= 0.6 is 0 Å². The second-order valence-electron chi connectivity index (χ2n) is 7.48. The third-order valence-corrected chi connectivity index (χ3v) is 5.16. The first-order valence-electron chi connectivity index (χ1n) is 7.79. The highest BCUT2D eigenvalue weighted by atomic mass is 19.1. The lowest BCUT2D eigenvalue weighted by molar-refractivity contribution is 0.133. The van der Waals surface area contributed by atoms with E-state index < -0.39 is 0 Å². The quantitative estimate of drug-likeness (QED) is 0.837. The number of nitrogens with two attached hydrogens (primary N) is 1. The third-order valence-electron chi connectivity index (χ3n) is 5.16.